The van der Waals surface area contributed by atoms with E-state index in [0.717, 1.165) is 6.42 Å². The van der Waals surface area contributed by atoms with Gasteiger partial charge >= 0.3 is 22.4 Å². The van der Waals surface area contributed by atoms with Crippen LogP contribution in [0.3, 0.4) is 0 Å². The van der Waals surface area contributed by atoms with Crippen LogP contribution >= 0.6 is 0 Å². The molecule has 0 aliphatic carbocycles. The maximum absolute atomic E-state index is 7.06. The molecule has 0 aromatic heterocycles. The molecule has 1 nitrogen and oxygen atoms in total. The van der Waals surface area contributed by atoms with E-state index in [2.05, 4.69) is 6.92 Å². The standard InChI is InChI=1S/C16H34N.Ag/c1-2-3-4-5-6-7-8-9-10-11-12-13-14-15-16-17;/h17H,2-16H2,1H3;/q-1;+1. The topological polar surface area (TPSA) is 23.8 Å². The first kappa shape index (κ1) is 21.0. The van der Waals surface area contributed by atoms with Crippen molar-refractivity contribution in [3.63, 3.8) is 0 Å². The van der Waals surface area contributed by atoms with Crippen molar-refractivity contribution in [2.75, 3.05) is 6.54 Å². The number of hydrogen-bond acceptors (Lipinski definition) is 0. The Morgan fingerprint density at radius 1 is 0.500 bits per heavy atom. The van der Waals surface area contributed by atoms with Crippen LogP contribution in [-0.4, -0.2) is 6.54 Å². The van der Waals surface area contributed by atoms with E-state index in [9.17, 15) is 0 Å². The summed E-state index contributed by atoms with van der Waals surface area (Å²) >= 11 is 0. The largest absolute Gasteiger partial charge is 1.00 e. The molecular formula is C16H34AgN. The molecule has 0 saturated carbocycles. The molecule has 0 fully saturated rings. The Balaban J connectivity index is 0. The SMILES string of the molecule is CCCCCCCCCCCCCCCC[NH-].[Ag+]. The molecule has 0 aliphatic rings. The molecule has 0 aliphatic heterocycles. The minimum Gasteiger partial charge on any atom is -0.677 e. The van der Waals surface area contributed by atoms with Crippen LogP contribution < -0.4 is 0 Å². The van der Waals surface area contributed by atoms with Gasteiger partial charge < -0.3 is 5.73 Å². The van der Waals surface area contributed by atoms with Gasteiger partial charge in [0.2, 0.25) is 0 Å². The summed E-state index contributed by atoms with van der Waals surface area (Å²) in [6.45, 7) is 2.90. The molecule has 18 heavy (non-hydrogen) atoms. The zero-order valence-electron chi connectivity index (χ0n) is 12.4. The van der Waals surface area contributed by atoms with E-state index < -0.39 is 0 Å². The minimum atomic E-state index is 0. The minimum absolute atomic E-state index is 0. The molecule has 0 aromatic carbocycles. The summed E-state index contributed by atoms with van der Waals surface area (Å²) in [6.07, 6.45) is 19.5. The summed E-state index contributed by atoms with van der Waals surface area (Å²) in [5, 5.41) is 0. The van der Waals surface area contributed by atoms with E-state index >= 15 is 0 Å². The molecule has 0 rings (SSSR count). The Kier molecular flexibility index (Phi) is 23.4. The molecule has 114 valence electrons. The van der Waals surface area contributed by atoms with Crippen LogP contribution in [0.2, 0.25) is 0 Å². The third kappa shape index (κ3) is 19.0. The van der Waals surface area contributed by atoms with Gasteiger partial charge in [0.1, 0.15) is 0 Å². The molecular weight excluding hydrogens is 314 g/mol. The summed E-state index contributed by atoms with van der Waals surface area (Å²) in [4.78, 5) is 0. The first-order valence-corrected chi connectivity index (χ1v) is 8.06. The molecule has 2 heteroatoms. The molecule has 0 aromatic rings. The summed E-state index contributed by atoms with van der Waals surface area (Å²) < 4.78 is 0. The Bertz CT molecular complexity index is 114. The quantitative estimate of drug-likeness (QED) is 0.252. The fourth-order valence-electron chi connectivity index (χ4n) is 2.32. The molecule has 0 unspecified atom stereocenters. The van der Waals surface area contributed by atoms with E-state index in [-0.39, 0.29) is 22.4 Å². The summed E-state index contributed by atoms with van der Waals surface area (Å²) in [5.74, 6) is 0. The Hall–Kier alpha value is 0.700. The Labute approximate surface area is 131 Å². The summed E-state index contributed by atoms with van der Waals surface area (Å²) in [7, 11) is 0. The van der Waals surface area contributed by atoms with Gasteiger partial charge in [0.15, 0.2) is 0 Å². The van der Waals surface area contributed by atoms with Crippen molar-refractivity contribution in [2.24, 2.45) is 0 Å². The van der Waals surface area contributed by atoms with Crippen molar-refractivity contribution >= 4 is 0 Å². The normalized spacial score (nSPS) is 10.3. The molecule has 0 bridgehead atoms. The van der Waals surface area contributed by atoms with E-state index in [1.807, 2.05) is 0 Å². The zero-order chi connectivity index (χ0) is 12.6. The summed E-state index contributed by atoms with van der Waals surface area (Å²) in [6, 6.07) is 0. The first-order chi connectivity index (χ1) is 8.41. The fourth-order valence-corrected chi connectivity index (χ4v) is 2.32. The van der Waals surface area contributed by atoms with Crippen molar-refractivity contribution in [2.45, 2.75) is 96.8 Å². The van der Waals surface area contributed by atoms with E-state index in [1.165, 1.54) is 83.5 Å². The van der Waals surface area contributed by atoms with Crippen molar-refractivity contribution in [3.8, 4) is 0 Å². The third-order valence-electron chi connectivity index (χ3n) is 3.53. The monoisotopic (exact) mass is 347 g/mol. The molecule has 0 amide bonds. The van der Waals surface area contributed by atoms with Crippen molar-refractivity contribution < 1.29 is 22.4 Å². The van der Waals surface area contributed by atoms with Gasteiger partial charge in [-0.1, -0.05) is 96.8 Å². The van der Waals surface area contributed by atoms with E-state index in [0.29, 0.717) is 6.54 Å². The van der Waals surface area contributed by atoms with Gasteiger partial charge in [-0.05, 0) is 0 Å². The van der Waals surface area contributed by atoms with Crippen LogP contribution in [0.5, 0.6) is 0 Å². The zero-order valence-corrected chi connectivity index (χ0v) is 13.9. The average Bonchev–Trinajstić information content (AvgIpc) is 2.35. The predicted octanol–water partition coefficient (Wildman–Crippen LogP) is 6.52. The average molecular weight is 348 g/mol. The van der Waals surface area contributed by atoms with Crippen molar-refractivity contribution in [3.05, 3.63) is 5.73 Å². The number of hydrogen-bond donors (Lipinski definition) is 0. The van der Waals surface area contributed by atoms with Crippen LogP contribution in [0.1, 0.15) is 96.8 Å². The molecule has 0 saturated heterocycles. The van der Waals surface area contributed by atoms with Gasteiger partial charge in [-0.3, -0.25) is 0 Å². The van der Waals surface area contributed by atoms with Gasteiger partial charge in [0.05, 0.1) is 0 Å². The molecule has 0 heterocycles. The maximum atomic E-state index is 7.06. The van der Waals surface area contributed by atoms with Crippen molar-refractivity contribution in [1.82, 2.24) is 0 Å². The van der Waals surface area contributed by atoms with Crippen LogP contribution in [0.15, 0.2) is 0 Å². The van der Waals surface area contributed by atoms with E-state index in [1.54, 1.807) is 0 Å². The number of rotatable bonds is 14. The second-order valence-corrected chi connectivity index (χ2v) is 5.35. The molecule has 0 atom stereocenters. The van der Waals surface area contributed by atoms with Crippen LogP contribution in [-0.2, 0) is 22.4 Å². The molecule has 0 radical (unpaired) electrons. The fraction of sp³-hybridized carbons (Fsp3) is 1.00. The van der Waals surface area contributed by atoms with Gasteiger partial charge in [0.25, 0.3) is 0 Å². The smallest absolute Gasteiger partial charge is 0.677 e. The molecule has 0 spiro atoms. The Morgan fingerprint density at radius 3 is 1.06 bits per heavy atom. The predicted molar refractivity (Wildman–Crippen MR) is 79.5 cm³/mol. The second-order valence-electron chi connectivity index (χ2n) is 5.35. The number of nitrogens with one attached hydrogen (secondary N) is 1. The number of unbranched alkanes of at least 4 members (excludes halogenated alkanes) is 13. The van der Waals surface area contributed by atoms with E-state index in [4.69, 9.17) is 5.73 Å². The van der Waals surface area contributed by atoms with Gasteiger partial charge in [-0.15, -0.1) is 0 Å². The van der Waals surface area contributed by atoms with Gasteiger partial charge in [-0.25, -0.2) is 0 Å². The third-order valence-corrected chi connectivity index (χ3v) is 3.53. The first-order valence-electron chi connectivity index (χ1n) is 8.06. The van der Waals surface area contributed by atoms with Crippen LogP contribution in [0.4, 0.5) is 0 Å². The molecule has 1 N–H and O–H groups in total. The maximum Gasteiger partial charge on any atom is 1.00 e. The Morgan fingerprint density at radius 2 is 0.778 bits per heavy atom. The van der Waals surface area contributed by atoms with Gasteiger partial charge in [0, 0.05) is 0 Å². The van der Waals surface area contributed by atoms with Gasteiger partial charge in [-0.2, -0.15) is 6.54 Å². The second kappa shape index (κ2) is 20.0. The van der Waals surface area contributed by atoms with Crippen molar-refractivity contribution in [1.29, 1.82) is 0 Å². The van der Waals surface area contributed by atoms with Crippen LogP contribution in [0, 0.1) is 0 Å². The summed E-state index contributed by atoms with van der Waals surface area (Å²) in [5.41, 5.74) is 7.06. The van der Waals surface area contributed by atoms with Crippen LogP contribution in [0.25, 0.3) is 5.73 Å².